The van der Waals surface area contributed by atoms with Crippen LogP contribution in [0.1, 0.15) is 96.8 Å². The lowest BCUT2D eigenvalue weighted by molar-refractivity contribution is 0.220. The Morgan fingerprint density at radius 2 is 0.818 bits per heavy atom. The van der Waals surface area contributed by atoms with Gasteiger partial charge in [0, 0.05) is 0 Å². The fourth-order valence-electron chi connectivity index (χ4n) is 3.16. The molecule has 0 amide bonds. The molecule has 0 spiro atoms. The Morgan fingerprint density at radius 1 is 0.500 bits per heavy atom. The van der Waals surface area contributed by atoms with Crippen molar-refractivity contribution < 1.29 is 0 Å². The van der Waals surface area contributed by atoms with Crippen LogP contribution in [0.2, 0.25) is 0 Å². The van der Waals surface area contributed by atoms with E-state index in [2.05, 4.69) is 22.9 Å². The SMILES string of the molecule is CCCCCCCCCCCCCCCC(NC)(NC)NC. The van der Waals surface area contributed by atoms with Crippen molar-refractivity contribution >= 4 is 0 Å². The molecular formula is C19H43N3. The second-order valence-electron chi connectivity index (χ2n) is 6.65. The zero-order valence-corrected chi connectivity index (χ0v) is 15.9. The number of hydrogen-bond acceptors (Lipinski definition) is 3. The van der Waals surface area contributed by atoms with Crippen LogP contribution in [0.3, 0.4) is 0 Å². The van der Waals surface area contributed by atoms with Gasteiger partial charge in [-0.2, -0.15) is 0 Å². The molecule has 3 heteroatoms. The van der Waals surface area contributed by atoms with Crippen molar-refractivity contribution in [2.75, 3.05) is 21.1 Å². The smallest absolute Gasteiger partial charge is 0.122 e. The summed E-state index contributed by atoms with van der Waals surface area (Å²) in [5.74, 6) is -0.0855. The molecule has 0 radical (unpaired) electrons. The molecular weight excluding hydrogens is 270 g/mol. The zero-order valence-electron chi connectivity index (χ0n) is 15.9. The monoisotopic (exact) mass is 313 g/mol. The normalized spacial score (nSPS) is 12.0. The molecule has 0 atom stereocenters. The van der Waals surface area contributed by atoms with Gasteiger partial charge in [-0.05, 0) is 34.0 Å². The van der Waals surface area contributed by atoms with Crippen LogP contribution in [0.4, 0.5) is 0 Å². The Labute approximate surface area is 140 Å². The fraction of sp³-hybridized carbons (Fsp3) is 1.00. The summed E-state index contributed by atoms with van der Waals surface area (Å²) >= 11 is 0. The third kappa shape index (κ3) is 11.4. The van der Waals surface area contributed by atoms with Gasteiger partial charge in [-0.3, -0.25) is 16.0 Å². The highest BCUT2D eigenvalue weighted by atomic mass is 15.3. The van der Waals surface area contributed by atoms with Gasteiger partial charge in [-0.1, -0.05) is 84.0 Å². The number of unbranched alkanes of at least 4 members (excludes halogenated alkanes) is 12. The molecule has 0 aliphatic rings. The minimum absolute atomic E-state index is 0.0855. The zero-order chi connectivity index (χ0) is 16.5. The molecule has 0 saturated heterocycles. The van der Waals surface area contributed by atoms with E-state index >= 15 is 0 Å². The Kier molecular flexibility index (Phi) is 15.7. The predicted octanol–water partition coefficient (Wildman–Crippen LogP) is 4.78. The van der Waals surface area contributed by atoms with Crippen LogP contribution < -0.4 is 16.0 Å². The number of nitrogens with one attached hydrogen (secondary N) is 3. The summed E-state index contributed by atoms with van der Waals surface area (Å²) in [5.41, 5.74) is 0. The first-order chi connectivity index (χ1) is 10.7. The Bertz CT molecular complexity index is 206. The second kappa shape index (κ2) is 15.8. The fourth-order valence-corrected chi connectivity index (χ4v) is 3.16. The minimum Gasteiger partial charge on any atom is -0.290 e. The maximum Gasteiger partial charge on any atom is 0.122 e. The van der Waals surface area contributed by atoms with E-state index in [0.29, 0.717) is 0 Å². The first-order valence-electron chi connectivity index (χ1n) is 9.81. The van der Waals surface area contributed by atoms with E-state index in [9.17, 15) is 0 Å². The quantitative estimate of drug-likeness (QED) is 0.267. The van der Waals surface area contributed by atoms with Crippen LogP contribution in [0.15, 0.2) is 0 Å². The summed E-state index contributed by atoms with van der Waals surface area (Å²) in [6.45, 7) is 2.29. The van der Waals surface area contributed by atoms with Crippen molar-refractivity contribution in [1.82, 2.24) is 16.0 Å². The minimum atomic E-state index is -0.0855. The van der Waals surface area contributed by atoms with Crippen molar-refractivity contribution in [3.63, 3.8) is 0 Å². The van der Waals surface area contributed by atoms with Crippen LogP contribution in [0.25, 0.3) is 0 Å². The number of hydrogen-bond donors (Lipinski definition) is 3. The first-order valence-corrected chi connectivity index (χ1v) is 9.81. The van der Waals surface area contributed by atoms with Gasteiger partial charge in [0.2, 0.25) is 0 Å². The molecule has 0 heterocycles. The summed E-state index contributed by atoms with van der Waals surface area (Å²) in [5, 5.41) is 10.0. The second-order valence-corrected chi connectivity index (χ2v) is 6.65. The third-order valence-electron chi connectivity index (χ3n) is 4.94. The number of rotatable bonds is 17. The average molecular weight is 314 g/mol. The molecule has 0 fully saturated rings. The highest BCUT2D eigenvalue weighted by Crippen LogP contribution is 2.14. The largest absolute Gasteiger partial charge is 0.290 e. The summed E-state index contributed by atoms with van der Waals surface area (Å²) in [7, 11) is 6.03. The lowest BCUT2D eigenvalue weighted by Gasteiger charge is -2.33. The van der Waals surface area contributed by atoms with Gasteiger partial charge in [-0.25, -0.2) is 0 Å². The molecule has 0 aromatic rings. The summed E-state index contributed by atoms with van der Waals surface area (Å²) in [4.78, 5) is 0. The van der Waals surface area contributed by atoms with Gasteiger partial charge in [0.05, 0.1) is 0 Å². The van der Waals surface area contributed by atoms with Crippen molar-refractivity contribution in [1.29, 1.82) is 0 Å². The first kappa shape index (κ1) is 21.9. The van der Waals surface area contributed by atoms with Crippen LogP contribution in [-0.4, -0.2) is 26.9 Å². The molecule has 3 nitrogen and oxygen atoms in total. The Hall–Kier alpha value is -0.120. The van der Waals surface area contributed by atoms with Crippen LogP contribution in [0.5, 0.6) is 0 Å². The van der Waals surface area contributed by atoms with Crippen molar-refractivity contribution in [3.05, 3.63) is 0 Å². The van der Waals surface area contributed by atoms with Crippen LogP contribution in [0, 0.1) is 0 Å². The predicted molar refractivity (Wildman–Crippen MR) is 100 cm³/mol. The summed E-state index contributed by atoms with van der Waals surface area (Å²) < 4.78 is 0. The van der Waals surface area contributed by atoms with Gasteiger partial charge in [0.25, 0.3) is 0 Å². The molecule has 0 rings (SSSR count). The van der Waals surface area contributed by atoms with E-state index in [4.69, 9.17) is 0 Å². The van der Waals surface area contributed by atoms with E-state index in [1.807, 2.05) is 21.1 Å². The van der Waals surface area contributed by atoms with Gasteiger partial charge < -0.3 is 0 Å². The van der Waals surface area contributed by atoms with Crippen molar-refractivity contribution in [3.8, 4) is 0 Å². The van der Waals surface area contributed by atoms with Gasteiger partial charge >= 0.3 is 0 Å². The maximum absolute atomic E-state index is 3.34. The van der Waals surface area contributed by atoms with Gasteiger partial charge in [-0.15, -0.1) is 0 Å². The van der Waals surface area contributed by atoms with E-state index in [1.54, 1.807) is 0 Å². The third-order valence-corrected chi connectivity index (χ3v) is 4.94. The standard InChI is InChI=1S/C19H43N3/c1-5-6-7-8-9-10-11-12-13-14-15-16-17-18-19(20-2,21-3)22-4/h20-22H,5-18H2,1-4H3. The topological polar surface area (TPSA) is 36.1 Å². The molecule has 0 aromatic heterocycles. The molecule has 3 N–H and O–H groups in total. The van der Waals surface area contributed by atoms with Crippen molar-refractivity contribution in [2.24, 2.45) is 0 Å². The average Bonchev–Trinajstić information content (AvgIpc) is 2.56. The molecule has 0 saturated carbocycles. The van der Waals surface area contributed by atoms with Gasteiger partial charge in [0.15, 0.2) is 0 Å². The van der Waals surface area contributed by atoms with E-state index in [0.717, 1.165) is 6.42 Å². The molecule has 0 bridgehead atoms. The van der Waals surface area contributed by atoms with E-state index < -0.39 is 0 Å². The molecule has 134 valence electrons. The molecule has 0 aliphatic carbocycles. The summed E-state index contributed by atoms with van der Waals surface area (Å²) in [6, 6.07) is 0. The molecule has 0 aliphatic heterocycles. The van der Waals surface area contributed by atoms with Crippen molar-refractivity contribution in [2.45, 2.75) is 103 Å². The molecule has 0 aromatic carbocycles. The Morgan fingerprint density at radius 3 is 1.14 bits per heavy atom. The highest BCUT2D eigenvalue weighted by molar-refractivity contribution is 4.77. The highest BCUT2D eigenvalue weighted by Gasteiger charge is 2.21. The summed E-state index contributed by atoms with van der Waals surface area (Å²) in [6.07, 6.45) is 19.5. The lowest BCUT2D eigenvalue weighted by atomic mass is 10.0. The molecule has 22 heavy (non-hydrogen) atoms. The van der Waals surface area contributed by atoms with Gasteiger partial charge in [0.1, 0.15) is 5.79 Å². The lowest BCUT2D eigenvalue weighted by Crippen LogP contribution is -2.63. The van der Waals surface area contributed by atoms with Crippen LogP contribution in [-0.2, 0) is 0 Å². The maximum atomic E-state index is 3.34. The Balaban J connectivity index is 3.27. The van der Waals surface area contributed by atoms with E-state index in [1.165, 1.54) is 83.5 Å². The van der Waals surface area contributed by atoms with Crippen LogP contribution >= 0.6 is 0 Å². The molecule has 0 unspecified atom stereocenters. The van der Waals surface area contributed by atoms with E-state index in [-0.39, 0.29) is 5.79 Å².